The van der Waals surface area contributed by atoms with Crippen molar-refractivity contribution in [1.82, 2.24) is 20.1 Å². The fourth-order valence-corrected chi connectivity index (χ4v) is 1.14. The Morgan fingerprint density at radius 3 is 3.13 bits per heavy atom. The summed E-state index contributed by atoms with van der Waals surface area (Å²) in [4.78, 5) is 15.2. The molecular formula is C10H14N4O. The SMILES string of the molecule is C#CCC(C)NC(=O)CCn1cncn1. The molecule has 1 heterocycles. The Kier molecular flexibility index (Phi) is 4.35. The standard InChI is InChI=1S/C10H14N4O/c1-3-4-9(2)13-10(15)5-6-14-8-11-7-12-14/h1,7-9H,4-6H2,2H3,(H,13,15). The summed E-state index contributed by atoms with van der Waals surface area (Å²) in [6.45, 7) is 2.42. The molecule has 0 aliphatic rings. The zero-order valence-corrected chi connectivity index (χ0v) is 8.68. The molecule has 1 atom stereocenters. The van der Waals surface area contributed by atoms with Gasteiger partial charge < -0.3 is 5.32 Å². The summed E-state index contributed by atoms with van der Waals surface area (Å²) in [5.74, 6) is 2.48. The number of nitrogens with zero attached hydrogens (tertiary/aromatic N) is 3. The van der Waals surface area contributed by atoms with Crippen molar-refractivity contribution < 1.29 is 4.79 Å². The first-order chi connectivity index (χ1) is 7.22. The lowest BCUT2D eigenvalue weighted by atomic mass is 10.2. The molecule has 0 radical (unpaired) electrons. The highest BCUT2D eigenvalue weighted by atomic mass is 16.1. The van der Waals surface area contributed by atoms with Gasteiger partial charge >= 0.3 is 0 Å². The second-order valence-electron chi connectivity index (χ2n) is 3.29. The zero-order valence-electron chi connectivity index (χ0n) is 8.68. The Hall–Kier alpha value is -1.83. The van der Waals surface area contributed by atoms with Crippen LogP contribution in [0.2, 0.25) is 0 Å². The third-order valence-electron chi connectivity index (χ3n) is 1.87. The van der Waals surface area contributed by atoms with Crippen molar-refractivity contribution in [2.24, 2.45) is 0 Å². The van der Waals surface area contributed by atoms with Crippen LogP contribution in [0.5, 0.6) is 0 Å². The Morgan fingerprint density at radius 2 is 2.53 bits per heavy atom. The highest BCUT2D eigenvalue weighted by Gasteiger charge is 2.05. The van der Waals surface area contributed by atoms with Crippen LogP contribution in [0.1, 0.15) is 19.8 Å². The molecule has 80 valence electrons. The third kappa shape index (κ3) is 4.27. The average Bonchev–Trinajstić information content (AvgIpc) is 2.67. The zero-order chi connectivity index (χ0) is 11.1. The monoisotopic (exact) mass is 206 g/mol. The van der Waals surface area contributed by atoms with Crippen LogP contribution in [0.25, 0.3) is 0 Å². The lowest BCUT2D eigenvalue weighted by molar-refractivity contribution is -0.121. The molecule has 1 amide bonds. The van der Waals surface area contributed by atoms with Crippen LogP contribution in [-0.2, 0) is 11.3 Å². The number of nitrogens with one attached hydrogen (secondary N) is 1. The van der Waals surface area contributed by atoms with Crippen molar-refractivity contribution in [3.63, 3.8) is 0 Å². The summed E-state index contributed by atoms with van der Waals surface area (Å²) in [6, 6.07) is 0.0262. The topological polar surface area (TPSA) is 59.8 Å². The molecular weight excluding hydrogens is 192 g/mol. The van der Waals surface area contributed by atoms with E-state index < -0.39 is 0 Å². The number of hydrogen-bond acceptors (Lipinski definition) is 3. The number of aryl methyl sites for hydroxylation is 1. The molecule has 0 fully saturated rings. The largest absolute Gasteiger partial charge is 0.353 e. The van der Waals surface area contributed by atoms with E-state index in [1.165, 1.54) is 6.33 Å². The fraction of sp³-hybridized carbons (Fsp3) is 0.500. The Labute approximate surface area is 88.9 Å². The molecule has 1 aromatic rings. The maximum atomic E-state index is 11.4. The lowest BCUT2D eigenvalue weighted by Crippen LogP contribution is -2.32. The van der Waals surface area contributed by atoms with Crippen LogP contribution in [0.3, 0.4) is 0 Å². The fourth-order valence-electron chi connectivity index (χ4n) is 1.14. The summed E-state index contributed by atoms with van der Waals surface area (Å²) in [6.07, 6.45) is 9.10. The Balaban J connectivity index is 2.22. The third-order valence-corrected chi connectivity index (χ3v) is 1.87. The number of hydrogen-bond donors (Lipinski definition) is 1. The predicted molar refractivity (Wildman–Crippen MR) is 55.7 cm³/mol. The van der Waals surface area contributed by atoms with Crippen molar-refractivity contribution >= 4 is 5.91 Å². The lowest BCUT2D eigenvalue weighted by Gasteiger charge is -2.10. The van der Waals surface area contributed by atoms with Crippen LogP contribution in [0, 0.1) is 12.3 Å². The molecule has 0 spiro atoms. The number of carbonyl (C=O) groups is 1. The van der Waals surface area contributed by atoms with E-state index in [2.05, 4.69) is 21.3 Å². The van der Waals surface area contributed by atoms with E-state index in [9.17, 15) is 4.79 Å². The van der Waals surface area contributed by atoms with Crippen LogP contribution in [0.15, 0.2) is 12.7 Å². The maximum absolute atomic E-state index is 11.4. The molecule has 0 aliphatic carbocycles. The van der Waals surface area contributed by atoms with Crippen molar-refractivity contribution in [3.05, 3.63) is 12.7 Å². The van der Waals surface area contributed by atoms with Crippen molar-refractivity contribution in [2.75, 3.05) is 0 Å². The van der Waals surface area contributed by atoms with Gasteiger partial charge in [-0.2, -0.15) is 5.10 Å². The van der Waals surface area contributed by atoms with E-state index in [0.717, 1.165) is 0 Å². The molecule has 0 aliphatic heterocycles. The molecule has 1 unspecified atom stereocenters. The number of amides is 1. The first kappa shape index (κ1) is 11.2. The van der Waals surface area contributed by atoms with Crippen molar-refractivity contribution in [1.29, 1.82) is 0 Å². The maximum Gasteiger partial charge on any atom is 0.222 e. The molecule has 0 saturated carbocycles. The van der Waals surface area contributed by atoms with E-state index in [-0.39, 0.29) is 11.9 Å². The van der Waals surface area contributed by atoms with Crippen LogP contribution < -0.4 is 5.32 Å². The van der Waals surface area contributed by atoms with Gasteiger partial charge in [0.25, 0.3) is 0 Å². The Bertz CT molecular complexity index is 339. The minimum absolute atomic E-state index is 0.0201. The normalized spacial score (nSPS) is 11.7. The molecule has 5 heteroatoms. The summed E-state index contributed by atoms with van der Waals surface area (Å²) in [7, 11) is 0. The van der Waals surface area contributed by atoms with E-state index >= 15 is 0 Å². The van der Waals surface area contributed by atoms with E-state index in [1.54, 1.807) is 11.0 Å². The molecule has 0 saturated heterocycles. The molecule has 1 N–H and O–H groups in total. The highest BCUT2D eigenvalue weighted by molar-refractivity contribution is 5.76. The minimum atomic E-state index is -0.0201. The van der Waals surface area contributed by atoms with Gasteiger partial charge in [0, 0.05) is 18.9 Å². The summed E-state index contributed by atoms with van der Waals surface area (Å²) < 4.78 is 1.62. The van der Waals surface area contributed by atoms with Crippen LogP contribution in [-0.4, -0.2) is 26.7 Å². The van der Waals surface area contributed by atoms with Gasteiger partial charge in [-0.05, 0) is 6.92 Å². The average molecular weight is 206 g/mol. The van der Waals surface area contributed by atoms with Gasteiger partial charge in [-0.1, -0.05) is 0 Å². The molecule has 1 rings (SSSR count). The quantitative estimate of drug-likeness (QED) is 0.700. The molecule has 1 aromatic heterocycles. The minimum Gasteiger partial charge on any atom is -0.353 e. The summed E-state index contributed by atoms with van der Waals surface area (Å²) in [5, 5.41) is 6.70. The first-order valence-electron chi connectivity index (χ1n) is 4.77. The Morgan fingerprint density at radius 1 is 1.73 bits per heavy atom. The number of terminal acetylenes is 1. The summed E-state index contributed by atoms with van der Waals surface area (Å²) in [5.41, 5.74) is 0. The first-order valence-corrected chi connectivity index (χ1v) is 4.77. The highest BCUT2D eigenvalue weighted by Crippen LogP contribution is 1.92. The van der Waals surface area contributed by atoms with Crippen molar-refractivity contribution in [3.8, 4) is 12.3 Å². The predicted octanol–water partition coefficient (Wildman–Crippen LogP) is 0.196. The van der Waals surface area contributed by atoms with Crippen LogP contribution in [0.4, 0.5) is 0 Å². The van der Waals surface area contributed by atoms with Crippen molar-refractivity contribution in [2.45, 2.75) is 32.4 Å². The number of rotatable bonds is 5. The molecule has 0 aromatic carbocycles. The molecule has 5 nitrogen and oxygen atoms in total. The van der Waals surface area contributed by atoms with Gasteiger partial charge in [-0.15, -0.1) is 12.3 Å². The van der Waals surface area contributed by atoms with E-state index in [4.69, 9.17) is 6.42 Å². The molecule has 15 heavy (non-hydrogen) atoms. The number of aromatic nitrogens is 3. The smallest absolute Gasteiger partial charge is 0.222 e. The van der Waals surface area contributed by atoms with Crippen LogP contribution >= 0.6 is 0 Å². The van der Waals surface area contributed by atoms with Gasteiger partial charge in [0.2, 0.25) is 5.91 Å². The van der Waals surface area contributed by atoms with E-state index in [1.807, 2.05) is 6.92 Å². The van der Waals surface area contributed by atoms with Gasteiger partial charge in [0.15, 0.2) is 0 Å². The number of carbonyl (C=O) groups excluding carboxylic acids is 1. The van der Waals surface area contributed by atoms with Gasteiger partial charge in [0.1, 0.15) is 12.7 Å². The van der Waals surface area contributed by atoms with Gasteiger partial charge in [-0.25, -0.2) is 4.98 Å². The van der Waals surface area contributed by atoms with E-state index in [0.29, 0.717) is 19.4 Å². The van der Waals surface area contributed by atoms with Gasteiger partial charge in [0.05, 0.1) is 6.54 Å². The second-order valence-corrected chi connectivity index (χ2v) is 3.29. The second kappa shape index (κ2) is 5.81. The van der Waals surface area contributed by atoms with Gasteiger partial charge in [-0.3, -0.25) is 9.48 Å². The molecule has 0 bridgehead atoms. The summed E-state index contributed by atoms with van der Waals surface area (Å²) >= 11 is 0.